The fraction of sp³-hybridized carbons (Fsp3) is 0.143. The summed E-state index contributed by atoms with van der Waals surface area (Å²) in [6, 6.07) is 14.3. The normalized spacial score (nSPS) is 15.5. The molecule has 1 atom stereocenters. The smallest absolute Gasteiger partial charge is 0.344 e. The Hall–Kier alpha value is -3.92. The maximum Gasteiger partial charge on any atom is 0.344 e. The van der Waals surface area contributed by atoms with Crippen molar-refractivity contribution in [1.82, 2.24) is 0 Å². The van der Waals surface area contributed by atoms with Crippen molar-refractivity contribution in [2.45, 2.75) is 5.92 Å². The Bertz CT molecular complexity index is 1220. The van der Waals surface area contributed by atoms with Crippen LogP contribution in [0.2, 0.25) is 0 Å². The lowest BCUT2D eigenvalue weighted by molar-refractivity contribution is 0.348. The van der Waals surface area contributed by atoms with E-state index in [0.29, 0.717) is 28.0 Å². The second kappa shape index (κ2) is 6.67. The van der Waals surface area contributed by atoms with Crippen LogP contribution in [-0.4, -0.2) is 14.2 Å². The first-order valence-electron chi connectivity index (χ1n) is 8.45. The molecule has 0 bridgehead atoms. The van der Waals surface area contributed by atoms with E-state index < -0.39 is 11.5 Å². The molecule has 2 N–H and O–H groups in total. The molecular formula is C21H16N2O5. The fourth-order valence-corrected chi connectivity index (χ4v) is 3.52. The monoisotopic (exact) mass is 376 g/mol. The number of benzene rings is 2. The topological polar surface area (TPSA) is 108 Å². The number of nitrogens with two attached hydrogens (primary N) is 1. The van der Waals surface area contributed by atoms with E-state index in [1.165, 1.54) is 14.2 Å². The lowest BCUT2D eigenvalue weighted by Crippen LogP contribution is -2.26. The highest BCUT2D eigenvalue weighted by Gasteiger charge is 2.37. The Kier molecular flexibility index (Phi) is 4.17. The van der Waals surface area contributed by atoms with Gasteiger partial charge < -0.3 is 24.4 Å². The molecule has 1 aliphatic rings. The van der Waals surface area contributed by atoms with Gasteiger partial charge in [0.05, 0.1) is 31.1 Å². The summed E-state index contributed by atoms with van der Waals surface area (Å²) in [6.45, 7) is 0. The molecule has 0 aliphatic carbocycles. The number of fused-ring (bicyclic) bond motifs is 3. The Labute approximate surface area is 160 Å². The molecule has 3 aromatic rings. The maximum atomic E-state index is 12.9. The molecule has 0 fully saturated rings. The Balaban J connectivity index is 2.11. The quantitative estimate of drug-likeness (QED) is 0.700. The van der Waals surface area contributed by atoms with E-state index in [-0.39, 0.29) is 22.8 Å². The van der Waals surface area contributed by atoms with Crippen molar-refractivity contribution >= 4 is 11.0 Å². The van der Waals surface area contributed by atoms with Crippen LogP contribution in [0.25, 0.3) is 11.0 Å². The van der Waals surface area contributed by atoms with Gasteiger partial charge in [0.2, 0.25) is 5.88 Å². The van der Waals surface area contributed by atoms with E-state index in [4.69, 9.17) is 24.4 Å². The molecule has 7 nitrogen and oxygen atoms in total. The number of rotatable bonds is 3. The van der Waals surface area contributed by atoms with Crippen LogP contribution >= 0.6 is 0 Å². The highest BCUT2D eigenvalue weighted by atomic mass is 16.5. The first-order chi connectivity index (χ1) is 13.6. The number of nitrogens with zero attached hydrogens (tertiary/aromatic N) is 1. The minimum absolute atomic E-state index is 0.0689. The third-order valence-corrected chi connectivity index (χ3v) is 4.72. The Morgan fingerprint density at radius 1 is 1.11 bits per heavy atom. The number of para-hydroxylation sites is 2. The van der Waals surface area contributed by atoms with Gasteiger partial charge in [0, 0.05) is 5.56 Å². The predicted octanol–water partition coefficient (Wildman–Crippen LogP) is 3.03. The lowest BCUT2D eigenvalue weighted by Gasteiger charge is -2.27. The first kappa shape index (κ1) is 17.5. The van der Waals surface area contributed by atoms with Gasteiger partial charge in [0.15, 0.2) is 17.2 Å². The molecule has 0 amide bonds. The fourth-order valence-electron chi connectivity index (χ4n) is 3.52. The van der Waals surface area contributed by atoms with Gasteiger partial charge in [-0.15, -0.1) is 0 Å². The van der Waals surface area contributed by atoms with E-state index in [0.717, 1.165) is 0 Å². The summed E-state index contributed by atoms with van der Waals surface area (Å²) in [4.78, 5) is 12.9. The van der Waals surface area contributed by atoms with Crippen LogP contribution in [0.15, 0.2) is 63.1 Å². The van der Waals surface area contributed by atoms with Crippen LogP contribution in [0, 0.1) is 11.3 Å². The molecule has 0 saturated heterocycles. The first-order valence-corrected chi connectivity index (χ1v) is 8.45. The summed E-state index contributed by atoms with van der Waals surface area (Å²) >= 11 is 0. The second-order valence-electron chi connectivity index (χ2n) is 6.14. The molecule has 0 saturated carbocycles. The lowest BCUT2D eigenvalue weighted by atomic mass is 9.83. The van der Waals surface area contributed by atoms with Crippen LogP contribution in [0.5, 0.6) is 17.2 Å². The summed E-state index contributed by atoms with van der Waals surface area (Å²) in [5, 5.41) is 10.3. The van der Waals surface area contributed by atoms with Gasteiger partial charge in [0.1, 0.15) is 17.2 Å². The minimum Gasteiger partial charge on any atom is -0.493 e. The van der Waals surface area contributed by atoms with Gasteiger partial charge in [-0.2, -0.15) is 5.26 Å². The maximum absolute atomic E-state index is 12.9. The zero-order chi connectivity index (χ0) is 19.8. The van der Waals surface area contributed by atoms with E-state index in [1.807, 2.05) is 0 Å². The van der Waals surface area contributed by atoms with Crippen molar-refractivity contribution in [3.05, 3.63) is 75.5 Å². The molecule has 7 heteroatoms. The molecular weight excluding hydrogens is 360 g/mol. The Morgan fingerprint density at radius 2 is 1.89 bits per heavy atom. The highest BCUT2D eigenvalue weighted by molar-refractivity contribution is 5.86. The third kappa shape index (κ3) is 2.47. The predicted molar refractivity (Wildman–Crippen MR) is 101 cm³/mol. The molecule has 28 heavy (non-hydrogen) atoms. The molecule has 4 rings (SSSR count). The van der Waals surface area contributed by atoms with Crippen LogP contribution < -0.4 is 25.6 Å². The summed E-state index contributed by atoms with van der Waals surface area (Å²) in [5.41, 5.74) is 6.67. The average molecular weight is 376 g/mol. The summed E-state index contributed by atoms with van der Waals surface area (Å²) < 4.78 is 22.1. The molecule has 2 heterocycles. The van der Waals surface area contributed by atoms with Crippen LogP contribution in [0.4, 0.5) is 0 Å². The van der Waals surface area contributed by atoms with Crippen molar-refractivity contribution in [1.29, 1.82) is 5.26 Å². The molecule has 2 aromatic carbocycles. The molecule has 1 aromatic heterocycles. The average Bonchev–Trinajstić information content (AvgIpc) is 2.72. The van der Waals surface area contributed by atoms with Gasteiger partial charge in [-0.25, -0.2) is 4.79 Å². The van der Waals surface area contributed by atoms with Gasteiger partial charge in [0.25, 0.3) is 0 Å². The van der Waals surface area contributed by atoms with E-state index in [1.54, 1.807) is 42.5 Å². The van der Waals surface area contributed by atoms with Gasteiger partial charge >= 0.3 is 5.63 Å². The SMILES string of the molecule is COc1cccc([C@H]2C(C#N)=C(N)Oc3c2c(=O)oc2ccccc32)c1OC. The zero-order valence-corrected chi connectivity index (χ0v) is 15.2. The number of methoxy groups -OCH3 is 2. The molecule has 140 valence electrons. The summed E-state index contributed by atoms with van der Waals surface area (Å²) in [7, 11) is 3.00. The van der Waals surface area contributed by atoms with Gasteiger partial charge in [-0.1, -0.05) is 24.3 Å². The second-order valence-corrected chi connectivity index (χ2v) is 6.14. The zero-order valence-electron chi connectivity index (χ0n) is 15.2. The van der Waals surface area contributed by atoms with Crippen molar-refractivity contribution in [3.8, 4) is 23.3 Å². The van der Waals surface area contributed by atoms with Crippen LogP contribution in [0.1, 0.15) is 17.0 Å². The third-order valence-electron chi connectivity index (χ3n) is 4.72. The molecule has 0 spiro atoms. The van der Waals surface area contributed by atoms with Crippen molar-refractivity contribution in [2.24, 2.45) is 5.73 Å². The number of hydrogen-bond donors (Lipinski definition) is 1. The summed E-state index contributed by atoms with van der Waals surface area (Å²) in [5.74, 6) is 0.253. The standard InChI is InChI=1S/C21H16N2O5/c1-25-15-9-5-7-12(18(15)26-2)16-13(10-22)20(23)28-19-11-6-3-4-8-14(11)27-21(24)17(16)19/h3-9,16H,23H2,1-2H3/t16-/m0/s1. The van der Waals surface area contributed by atoms with Gasteiger partial charge in [-0.05, 0) is 18.2 Å². The molecule has 0 radical (unpaired) electrons. The largest absolute Gasteiger partial charge is 0.493 e. The van der Waals surface area contributed by atoms with Gasteiger partial charge in [-0.3, -0.25) is 0 Å². The highest BCUT2D eigenvalue weighted by Crippen LogP contribution is 2.47. The van der Waals surface area contributed by atoms with Crippen molar-refractivity contribution in [2.75, 3.05) is 14.2 Å². The Morgan fingerprint density at radius 3 is 2.61 bits per heavy atom. The minimum atomic E-state index is -0.820. The molecule has 0 unspecified atom stereocenters. The van der Waals surface area contributed by atoms with E-state index in [9.17, 15) is 10.1 Å². The van der Waals surface area contributed by atoms with Crippen LogP contribution in [0.3, 0.4) is 0 Å². The van der Waals surface area contributed by atoms with Crippen molar-refractivity contribution < 1.29 is 18.6 Å². The molecule has 1 aliphatic heterocycles. The number of allylic oxidation sites excluding steroid dienone is 1. The summed E-state index contributed by atoms with van der Waals surface area (Å²) in [6.07, 6.45) is 0. The van der Waals surface area contributed by atoms with Crippen LogP contribution in [-0.2, 0) is 0 Å². The van der Waals surface area contributed by atoms with E-state index >= 15 is 0 Å². The van der Waals surface area contributed by atoms with Crippen molar-refractivity contribution in [3.63, 3.8) is 0 Å². The number of nitriles is 1. The number of hydrogen-bond acceptors (Lipinski definition) is 7. The van der Waals surface area contributed by atoms with E-state index in [2.05, 4.69) is 6.07 Å². The number of ether oxygens (including phenoxy) is 3.